The topological polar surface area (TPSA) is 38.1 Å². The molecule has 1 atom stereocenters. The molecule has 1 aromatic heterocycles. The number of aromatic nitrogens is 1. The Balaban J connectivity index is 1.93. The lowest BCUT2D eigenvalue weighted by Gasteiger charge is -2.04. The summed E-state index contributed by atoms with van der Waals surface area (Å²) in [5.41, 5.74) is 0.419. The molecule has 0 saturated heterocycles. The summed E-state index contributed by atoms with van der Waals surface area (Å²) in [4.78, 5) is 4.29. The van der Waals surface area contributed by atoms with Crippen LogP contribution in [0.15, 0.2) is 10.6 Å². The molecular formula is C12H20N2O. The van der Waals surface area contributed by atoms with Gasteiger partial charge in [0.15, 0.2) is 0 Å². The van der Waals surface area contributed by atoms with Crippen molar-refractivity contribution in [2.24, 2.45) is 5.41 Å². The quantitative estimate of drug-likeness (QED) is 0.826. The molecular weight excluding hydrogens is 188 g/mol. The van der Waals surface area contributed by atoms with Crippen molar-refractivity contribution >= 4 is 0 Å². The van der Waals surface area contributed by atoms with Gasteiger partial charge in [0.25, 0.3) is 0 Å². The smallest absolute Gasteiger partial charge is 0.208 e. The van der Waals surface area contributed by atoms with E-state index in [4.69, 9.17) is 4.42 Å². The molecule has 3 heteroatoms. The molecule has 1 aliphatic rings. The zero-order chi connectivity index (χ0) is 11.1. The molecule has 1 unspecified atom stereocenters. The Morgan fingerprint density at radius 3 is 2.80 bits per heavy atom. The SMILES string of the molecule is CC(C)NCc1ncc(C2CC2(C)C)o1. The molecule has 0 bridgehead atoms. The average molecular weight is 208 g/mol. The van der Waals surface area contributed by atoms with Crippen molar-refractivity contribution in [2.45, 2.75) is 52.6 Å². The molecule has 1 heterocycles. The Labute approximate surface area is 91.3 Å². The first-order valence-corrected chi connectivity index (χ1v) is 5.67. The summed E-state index contributed by atoms with van der Waals surface area (Å²) in [5.74, 6) is 2.44. The first kappa shape index (κ1) is 10.7. The van der Waals surface area contributed by atoms with E-state index in [1.54, 1.807) is 0 Å². The van der Waals surface area contributed by atoms with E-state index in [0.717, 1.165) is 18.2 Å². The molecule has 1 aromatic rings. The predicted octanol–water partition coefficient (Wildman–Crippen LogP) is 2.69. The molecule has 1 aliphatic carbocycles. The number of hydrogen-bond donors (Lipinski definition) is 1. The Hall–Kier alpha value is -0.830. The summed E-state index contributed by atoms with van der Waals surface area (Å²) in [7, 11) is 0. The van der Waals surface area contributed by atoms with Gasteiger partial charge in [-0.15, -0.1) is 0 Å². The van der Waals surface area contributed by atoms with Gasteiger partial charge in [-0.3, -0.25) is 0 Å². The maximum Gasteiger partial charge on any atom is 0.208 e. The van der Waals surface area contributed by atoms with Crippen molar-refractivity contribution in [3.63, 3.8) is 0 Å². The van der Waals surface area contributed by atoms with Crippen molar-refractivity contribution in [3.8, 4) is 0 Å². The standard InChI is InChI=1S/C12H20N2O/c1-8(2)13-7-11-14-6-10(15-11)9-5-12(9,3)4/h6,8-9,13H,5,7H2,1-4H3. The van der Waals surface area contributed by atoms with Gasteiger partial charge in [-0.2, -0.15) is 0 Å². The largest absolute Gasteiger partial charge is 0.444 e. The van der Waals surface area contributed by atoms with E-state index in [-0.39, 0.29) is 0 Å². The third kappa shape index (κ3) is 2.40. The van der Waals surface area contributed by atoms with Gasteiger partial charge in [-0.25, -0.2) is 4.98 Å². The molecule has 0 radical (unpaired) electrons. The highest BCUT2D eigenvalue weighted by Crippen LogP contribution is 2.58. The molecule has 0 spiro atoms. The van der Waals surface area contributed by atoms with E-state index in [0.29, 0.717) is 17.4 Å². The predicted molar refractivity (Wildman–Crippen MR) is 59.6 cm³/mol. The molecule has 0 amide bonds. The number of nitrogens with zero attached hydrogens (tertiary/aromatic N) is 1. The van der Waals surface area contributed by atoms with E-state index in [2.05, 4.69) is 38.0 Å². The fourth-order valence-electron chi connectivity index (χ4n) is 1.81. The van der Waals surface area contributed by atoms with E-state index in [1.807, 2.05) is 6.20 Å². The second-order valence-electron chi connectivity index (χ2n) is 5.44. The first-order valence-electron chi connectivity index (χ1n) is 5.67. The summed E-state index contributed by atoms with van der Waals surface area (Å²) in [6.45, 7) is 9.50. The zero-order valence-electron chi connectivity index (χ0n) is 10.0. The van der Waals surface area contributed by atoms with Crippen molar-refractivity contribution in [1.82, 2.24) is 10.3 Å². The van der Waals surface area contributed by atoms with Crippen LogP contribution in [0.5, 0.6) is 0 Å². The van der Waals surface area contributed by atoms with Gasteiger partial charge in [-0.05, 0) is 11.8 Å². The molecule has 2 rings (SSSR count). The molecule has 1 saturated carbocycles. The van der Waals surface area contributed by atoms with Crippen LogP contribution in [-0.4, -0.2) is 11.0 Å². The second-order valence-corrected chi connectivity index (χ2v) is 5.44. The molecule has 1 N–H and O–H groups in total. The Kier molecular flexibility index (Phi) is 2.59. The minimum atomic E-state index is 0.419. The maximum atomic E-state index is 5.72. The second kappa shape index (κ2) is 3.63. The van der Waals surface area contributed by atoms with Crippen LogP contribution in [0.1, 0.15) is 51.7 Å². The summed E-state index contributed by atoms with van der Waals surface area (Å²) in [6, 6.07) is 0.470. The van der Waals surface area contributed by atoms with E-state index in [9.17, 15) is 0 Å². The van der Waals surface area contributed by atoms with Gasteiger partial charge < -0.3 is 9.73 Å². The monoisotopic (exact) mass is 208 g/mol. The average Bonchev–Trinajstić information content (AvgIpc) is 2.63. The number of oxazole rings is 1. The van der Waals surface area contributed by atoms with Crippen LogP contribution in [-0.2, 0) is 6.54 Å². The fraction of sp³-hybridized carbons (Fsp3) is 0.750. The maximum absolute atomic E-state index is 5.72. The highest BCUT2D eigenvalue weighted by atomic mass is 16.4. The molecule has 84 valence electrons. The highest BCUT2D eigenvalue weighted by molar-refractivity contribution is 5.17. The van der Waals surface area contributed by atoms with Gasteiger partial charge in [0, 0.05) is 12.0 Å². The molecule has 0 aliphatic heterocycles. The lowest BCUT2D eigenvalue weighted by Crippen LogP contribution is -2.21. The van der Waals surface area contributed by atoms with Gasteiger partial charge in [0.1, 0.15) is 5.76 Å². The third-order valence-electron chi connectivity index (χ3n) is 3.09. The van der Waals surface area contributed by atoms with E-state index < -0.39 is 0 Å². The van der Waals surface area contributed by atoms with Gasteiger partial charge in [0.2, 0.25) is 5.89 Å². The first-order chi connectivity index (χ1) is 6.99. The Bertz CT molecular complexity index is 341. The van der Waals surface area contributed by atoms with Gasteiger partial charge >= 0.3 is 0 Å². The zero-order valence-corrected chi connectivity index (χ0v) is 10.0. The summed E-state index contributed by atoms with van der Waals surface area (Å²) >= 11 is 0. The van der Waals surface area contributed by atoms with Crippen LogP contribution in [0.25, 0.3) is 0 Å². The number of nitrogens with one attached hydrogen (secondary N) is 1. The van der Waals surface area contributed by atoms with E-state index >= 15 is 0 Å². The van der Waals surface area contributed by atoms with Gasteiger partial charge in [0.05, 0.1) is 12.7 Å². The molecule has 0 aromatic carbocycles. The normalized spacial score (nSPS) is 23.4. The van der Waals surface area contributed by atoms with E-state index in [1.165, 1.54) is 6.42 Å². The van der Waals surface area contributed by atoms with Crippen LogP contribution in [0.3, 0.4) is 0 Å². The number of hydrogen-bond acceptors (Lipinski definition) is 3. The molecule has 15 heavy (non-hydrogen) atoms. The highest BCUT2D eigenvalue weighted by Gasteiger charge is 2.48. The van der Waals surface area contributed by atoms with Crippen LogP contribution in [0, 0.1) is 5.41 Å². The Morgan fingerprint density at radius 1 is 1.60 bits per heavy atom. The summed E-state index contributed by atoms with van der Waals surface area (Å²) in [6.07, 6.45) is 3.11. The van der Waals surface area contributed by atoms with Crippen LogP contribution >= 0.6 is 0 Å². The lowest BCUT2D eigenvalue weighted by atomic mass is 10.1. The van der Waals surface area contributed by atoms with Crippen LogP contribution < -0.4 is 5.32 Å². The minimum Gasteiger partial charge on any atom is -0.444 e. The van der Waals surface area contributed by atoms with Crippen molar-refractivity contribution < 1.29 is 4.42 Å². The van der Waals surface area contributed by atoms with Gasteiger partial charge in [-0.1, -0.05) is 27.7 Å². The third-order valence-corrected chi connectivity index (χ3v) is 3.09. The Morgan fingerprint density at radius 2 is 2.27 bits per heavy atom. The van der Waals surface area contributed by atoms with Crippen LogP contribution in [0.4, 0.5) is 0 Å². The van der Waals surface area contributed by atoms with Crippen molar-refractivity contribution in [3.05, 3.63) is 17.8 Å². The molecule has 1 fully saturated rings. The summed E-state index contributed by atoms with van der Waals surface area (Å²) < 4.78 is 5.72. The minimum absolute atomic E-state index is 0.419. The summed E-state index contributed by atoms with van der Waals surface area (Å²) in [5, 5.41) is 3.30. The van der Waals surface area contributed by atoms with Crippen molar-refractivity contribution in [2.75, 3.05) is 0 Å². The molecule has 3 nitrogen and oxygen atoms in total. The van der Waals surface area contributed by atoms with Crippen molar-refractivity contribution in [1.29, 1.82) is 0 Å². The van der Waals surface area contributed by atoms with Crippen LogP contribution in [0.2, 0.25) is 0 Å². The number of rotatable bonds is 4. The lowest BCUT2D eigenvalue weighted by molar-refractivity contribution is 0.414. The fourth-order valence-corrected chi connectivity index (χ4v) is 1.81.